The number of ether oxygens (including phenoxy) is 1. The molecule has 1 aromatic carbocycles. The van der Waals surface area contributed by atoms with Crippen LogP contribution < -0.4 is 4.89 Å². The lowest BCUT2D eigenvalue weighted by atomic mass is 10.1. The molecule has 1 aromatic rings. The van der Waals surface area contributed by atoms with E-state index in [9.17, 15) is 0 Å². The summed E-state index contributed by atoms with van der Waals surface area (Å²) in [4.78, 5) is 9.81. The van der Waals surface area contributed by atoms with E-state index >= 15 is 0 Å². The third-order valence-corrected chi connectivity index (χ3v) is 1.91. The molecule has 0 amide bonds. The Labute approximate surface area is 63.4 Å². The van der Waals surface area contributed by atoms with Gasteiger partial charge in [-0.15, -0.1) is 0 Å². The van der Waals surface area contributed by atoms with Gasteiger partial charge in [-0.3, -0.25) is 0 Å². The molecule has 3 nitrogen and oxygen atoms in total. The van der Waals surface area contributed by atoms with Crippen LogP contribution in [0, 0.1) is 0 Å². The van der Waals surface area contributed by atoms with E-state index in [1.165, 1.54) is 0 Å². The highest BCUT2D eigenvalue weighted by atomic mass is 17.2. The van der Waals surface area contributed by atoms with E-state index in [4.69, 9.17) is 14.5 Å². The predicted molar refractivity (Wildman–Crippen MR) is 35.8 cm³/mol. The molecule has 2 unspecified atom stereocenters. The van der Waals surface area contributed by atoms with E-state index in [2.05, 4.69) is 0 Å². The van der Waals surface area contributed by atoms with Crippen LogP contribution in [0.15, 0.2) is 24.3 Å². The monoisotopic (exact) mass is 150 g/mol. The molecule has 0 saturated carbocycles. The first kappa shape index (κ1) is 5.57. The number of hydrogen-bond donors (Lipinski definition) is 0. The van der Waals surface area contributed by atoms with Gasteiger partial charge in [-0.2, -0.15) is 4.89 Å². The van der Waals surface area contributed by atoms with Crippen LogP contribution in [-0.4, -0.2) is 6.29 Å². The van der Waals surface area contributed by atoms with Gasteiger partial charge in [0.2, 0.25) is 6.29 Å². The third kappa shape index (κ3) is 0.692. The Morgan fingerprint density at radius 2 is 2.09 bits per heavy atom. The highest BCUT2D eigenvalue weighted by molar-refractivity contribution is 5.37. The molecule has 2 atom stereocenters. The molecule has 2 aliphatic heterocycles. The topological polar surface area (TPSA) is 31.0 Å². The molecule has 2 heterocycles. The summed E-state index contributed by atoms with van der Waals surface area (Å²) in [5.41, 5.74) is 1.09. The fraction of sp³-hybridized carbons (Fsp3) is 0.250. The van der Waals surface area contributed by atoms with Crippen molar-refractivity contribution in [1.82, 2.24) is 0 Å². The second-order valence-electron chi connectivity index (χ2n) is 2.64. The van der Waals surface area contributed by atoms with E-state index in [1.54, 1.807) is 0 Å². The Morgan fingerprint density at radius 3 is 3.09 bits per heavy atom. The van der Waals surface area contributed by atoms with Gasteiger partial charge in [0.1, 0.15) is 6.10 Å². The summed E-state index contributed by atoms with van der Waals surface area (Å²) in [7, 11) is 0. The summed E-state index contributed by atoms with van der Waals surface area (Å²) in [5.74, 6) is 0.770. The summed E-state index contributed by atoms with van der Waals surface area (Å²) in [5, 5.41) is 0. The minimum absolute atomic E-state index is 0.111. The van der Waals surface area contributed by atoms with Crippen molar-refractivity contribution in [3.63, 3.8) is 0 Å². The zero-order chi connectivity index (χ0) is 7.26. The summed E-state index contributed by atoms with van der Waals surface area (Å²) >= 11 is 0. The van der Waals surface area contributed by atoms with Crippen molar-refractivity contribution in [2.24, 2.45) is 0 Å². The van der Waals surface area contributed by atoms with Crippen LogP contribution in [0.3, 0.4) is 0 Å². The quantitative estimate of drug-likeness (QED) is 0.414. The number of para-hydroxylation sites is 1. The zero-order valence-corrected chi connectivity index (χ0v) is 5.69. The van der Waals surface area contributed by atoms with Crippen LogP contribution in [0.2, 0.25) is 0 Å². The van der Waals surface area contributed by atoms with Gasteiger partial charge in [0.05, 0.1) is 0 Å². The van der Waals surface area contributed by atoms with Crippen LogP contribution in [0.25, 0.3) is 0 Å². The second-order valence-corrected chi connectivity index (χ2v) is 2.64. The zero-order valence-electron chi connectivity index (χ0n) is 5.69. The first-order valence-electron chi connectivity index (χ1n) is 3.53. The molecule has 0 N–H and O–H groups in total. The van der Waals surface area contributed by atoms with Crippen LogP contribution in [0.5, 0.6) is 5.75 Å². The first-order valence-corrected chi connectivity index (χ1v) is 3.53. The average molecular weight is 150 g/mol. The van der Waals surface area contributed by atoms with Crippen molar-refractivity contribution in [3.05, 3.63) is 29.8 Å². The Morgan fingerprint density at radius 1 is 1.18 bits per heavy atom. The minimum atomic E-state index is -0.162. The lowest BCUT2D eigenvalue weighted by Gasteiger charge is -2.10. The van der Waals surface area contributed by atoms with Crippen molar-refractivity contribution in [2.75, 3.05) is 0 Å². The normalized spacial score (nSPS) is 31.6. The molecule has 0 spiro atoms. The van der Waals surface area contributed by atoms with E-state index in [1.807, 2.05) is 24.3 Å². The van der Waals surface area contributed by atoms with Crippen molar-refractivity contribution in [2.45, 2.75) is 12.4 Å². The second kappa shape index (κ2) is 1.75. The van der Waals surface area contributed by atoms with Gasteiger partial charge >= 0.3 is 0 Å². The molecular formula is C8H6O3. The lowest BCUT2D eigenvalue weighted by molar-refractivity contribution is -0.244. The Hall–Kier alpha value is -1.06. The average Bonchev–Trinajstić information content (AvgIpc) is 2.83. The molecule has 11 heavy (non-hydrogen) atoms. The minimum Gasteiger partial charge on any atom is -0.334 e. The maximum absolute atomic E-state index is 5.16. The van der Waals surface area contributed by atoms with Crippen molar-refractivity contribution in [1.29, 1.82) is 0 Å². The molecule has 0 aromatic heterocycles. The number of fused-ring (bicyclic) bond motifs is 3. The summed E-state index contributed by atoms with van der Waals surface area (Å²) in [6, 6.07) is 7.73. The van der Waals surface area contributed by atoms with Crippen LogP contribution in [0.1, 0.15) is 11.7 Å². The Bertz CT molecular complexity index is 297. The maximum Gasteiger partial charge on any atom is 0.234 e. The van der Waals surface area contributed by atoms with Crippen molar-refractivity contribution < 1.29 is 14.5 Å². The fourth-order valence-electron chi connectivity index (χ4n) is 1.28. The standard InChI is InChI=1S/C8H6O3/c1-2-4-6-5(3-1)7-8(9-7)11-10-6/h1-4,7-8H. The van der Waals surface area contributed by atoms with Crippen molar-refractivity contribution >= 4 is 0 Å². The molecule has 3 rings (SSSR count). The Balaban J connectivity index is 2.14. The number of benzene rings is 1. The molecular weight excluding hydrogens is 144 g/mol. The highest BCUT2D eigenvalue weighted by Crippen LogP contribution is 2.47. The maximum atomic E-state index is 5.16. The van der Waals surface area contributed by atoms with Crippen LogP contribution in [0.4, 0.5) is 0 Å². The summed E-state index contributed by atoms with van der Waals surface area (Å²) in [6.45, 7) is 0. The van der Waals surface area contributed by atoms with Gasteiger partial charge in [-0.1, -0.05) is 18.2 Å². The fourth-order valence-corrected chi connectivity index (χ4v) is 1.28. The molecule has 3 heteroatoms. The van der Waals surface area contributed by atoms with Crippen LogP contribution in [-0.2, 0) is 9.62 Å². The largest absolute Gasteiger partial charge is 0.334 e. The third-order valence-electron chi connectivity index (χ3n) is 1.91. The van der Waals surface area contributed by atoms with E-state index in [0.29, 0.717) is 0 Å². The number of hydrogen-bond acceptors (Lipinski definition) is 3. The molecule has 2 aliphatic rings. The van der Waals surface area contributed by atoms with Gasteiger partial charge in [0.25, 0.3) is 0 Å². The molecule has 1 fully saturated rings. The van der Waals surface area contributed by atoms with E-state index in [-0.39, 0.29) is 12.4 Å². The van der Waals surface area contributed by atoms with Gasteiger partial charge in [-0.25, -0.2) is 0 Å². The molecule has 56 valence electrons. The lowest BCUT2D eigenvalue weighted by Crippen LogP contribution is -2.08. The molecule has 0 bridgehead atoms. The summed E-state index contributed by atoms with van der Waals surface area (Å²) in [6.07, 6.45) is -0.0511. The van der Waals surface area contributed by atoms with Crippen molar-refractivity contribution in [3.8, 4) is 5.75 Å². The van der Waals surface area contributed by atoms with Gasteiger partial charge in [0.15, 0.2) is 5.75 Å². The number of rotatable bonds is 0. The van der Waals surface area contributed by atoms with Gasteiger partial charge in [0, 0.05) is 5.56 Å². The molecule has 0 radical (unpaired) electrons. The van der Waals surface area contributed by atoms with Crippen LogP contribution >= 0.6 is 0 Å². The van der Waals surface area contributed by atoms with E-state index < -0.39 is 0 Å². The smallest absolute Gasteiger partial charge is 0.234 e. The predicted octanol–water partition coefficient (Wildman–Crippen LogP) is 1.41. The highest BCUT2D eigenvalue weighted by Gasteiger charge is 2.48. The Kier molecular flexibility index (Phi) is 0.887. The number of epoxide rings is 1. The molecule has 1 saturated heterocycles. The van der Waals surface area contributed by atoms with Gasteiger partial charge in [-0.05, 0) is 6.07 Å². The summed E-state index contributed by atoms with van der Waals surface area (Å²) < 4.78 is 5.16. The first-order chi connectivity index (χ1) is 5.45. The van der Waals surface area contributed by atoms with Gasteiger partial charge < -0.3 is 9.62 Å². The van der Waals surface area contributed by atoms with E-state index in [0.717, 1.165) is 11.3 Å². The molecule has 0 aliphatic carbocycles. The SMILES string of the molecule is c1ccc2c(c1)OOC1OC21.